The highest BCUT2D eigenvalue weighted by Crippen LogP contribution is 2.44. The highest BCUT2D eigenvalue weighted by molar-refractivity contribution is 8.01. The van der Waals surface area contributed by atoms with Gasteiger partial charge in [0.2, 0.25) is 0 Å². The summed E-state index contributed by atoms with van der Waals surface area (Å²) in [7, 11) is 0. The molecule has 5 nitrogen and oxygen atoms in total. The van der Waals surface area contributed by atoms with E-state index in [0.717, 1.165) is 5.56 Å². The van der Waals surface area contributed by atoms with Crippen LogP contribution in [0.15, 0.2) is 54.6 Å². The van der Waals surface area contributed by atoms with Crippen molar-refractivity contribution in [3.05, 3.63) is 70.7 Å². The highest BCUT2D eigenvalue weighted by atomic mass is 35.5. The molecule has 2 aromatic carbocycles. The van der Waals surface area contributed by atoms with E-state index in [2.05, 4.69) is 5.43 Å². The van der Waals surface area contributed by atoms with Gasteiger partial charge in [-0.2, -0.15) is 0 Å². The van der Waals surface area contributed by atoms with Crippen molar-refractivity contribution in [3.63, 3.8) is 0 Å². The van der Waals surface area contributed by atoms with Crippen molar-refractivity contribution in [2.45, 2.75) is 23.7 Å². The summed E-state index contributed by atoms with van der Waals surface area (Å²) in [6.45, 7) is 1.77. The average molecular weight is 377 g/mol. The molecule has 130 valence electrons. The van der Waals surface area contributed by atoms with E-state index < -0.39 is 17.4 Å². The van der Waals surface area contributed by atoms with Gasteiger partial charge in [-0.05, 0) is 18.6 Å². The molecular formula is C18H17ClN2O3S. The van der Waals surface area contributed by atoms with Gasteiger partial charge in [-0.15, -0.1) is 11.8 Å². The third-order valence-electron chi connectivity index (χ3n) is 3.92. The first kappa shape index (κ1) is 17.8. The summed E-state index contributed by atoms with van der Waals surface area (Å²) in [6, 6.07) is 15.8. The van der Waals surface area contributed by atoms with E-state index in [0.29, 0.717) is 10.6 Å². The zero-order chi connectivity index (χ0) is 18.0. The van der Waals surface area contributed by atoms with Crippen LogP contribution >= 0.6 is 23.4 Å². The van der Waals surface area contributed by atoms with Crippen LogP contribution in [0.2, 0.25) is 5.02 Å². The predicted molar refractivity (Wildman–Crippen MR) is 97.6 cm³/mol. The predicted octanol–water partition coefficient (Wildman–Crippen LogP) is 3.07. The number of nitrogens with one attached hydrogen (secondary N) is 1. The Morgan fingerprint density at radius 2 is 1.84 bits per heavy atom. The van der Waals surface area contributed by atoms with Gasteiger partial charge in [-0.3, -0.25) is 15.0 Å². The van der Waals surface area contributed by atoms with E-state index in [-0.39, 0.29) is 11.2 Å². The third-order valence-corrected chi connectivity index (χ3v) is 5.59. The summed E-state index contributed by atoms with van der Waals surface area (Å²) in [6.07, 6.45) is -1.36. The van der Waals surface area contributed by atoms with Gasteiger partial charge in [-0.25, -0.2) is 5.01 Å². The summed E-state index contributed by atoms with van der Waals surface area (Å²) in [4.78, 5) is 24.9. The SMILES string of the molecule is CC1SC(c2ccccc2Cl)N(NC(=O)C(O)c2ccccc2)C1=O. The fourth-order valence-electron chi connectivity index (χ4n) is 2.59. The number of aliphatic hydroxyl groups excluding tert-OH is 1. The summed E-state index contributed by atoms with van der Waals surface area (Å²) in [5, 5.41) is 11.2. The Morgan fingerprint density at radius 3 is 2.52 bits per heavy atom. The second-order valence-corrected chi connectivity index (χ2v) is 7.48. The van der Waals surface area contributed by atoms with Crippen LogP contribution in [0.4, 0.5) is 0 Å². The van der Waals surface area contributed by atoms with Crippen LogP contribution in [0.5, 0.6) is 0 Å². The number of hydrogen-bond acceptors (Lipinski definition) is 4. The first-order chi connectivity index (χ1) is 12.0. The van der Waals surface area contributed by atoms with E-state index in [1.807, 2.05) is 12.1 Å². The largest absolute Gasteiger partial charge is 0.378 e. The quantitative estimate of drug-likeness (QED) is 0.860. The minimum Gasteiger partial charge on any atom is -0.378 e. The van der Waals surface area contributed by atoms with Crippen molar-refractivity contribution in [2.24, 2.45) is 0 Å². The molecule has 0 spiro atoms. The molecule has 1 saturated heterocycles. The van der Waals surface area contributed by atoms with Crippen molar-refractivity contribution < 1.29 is 14.7 Å². The van der Waals surface area contributed by atoms with Crippen molar-refractivity contribution in [2.75, 3.05) is 0 Å². The van der Waals surface area contributed by atoms with Gasteiger partial charge >= 0.3 is 0 Å². The van der Waals surface area contributed by atoms with Crippen LogP contribution in [0.25, 0.3) is 0 Å². The van der Waals surface area contributed by atoms with Crippen molar-refractivity contribution in [1.29, 1.82) is 0 Å². The van der Waals surface area contributed by atoms with Crippen molar-refractivity contribution >= 4 is 35.2 Å². The smallest absolute Gasteiger partial charge is 0.272 e. The number of halogens is 1. The van der Waals surface area contributed by atoms with Crippen LogP contribution in [0.1, 0.15) is 29.5 Å². The molecule has 3 unspecified atom stereocenters. The summed E-state index contributed by atoms with van der Waals surface area (Å²) < 4.78 is 0. The van der Waals surface area contributed by atoms with Gasteiger partial charge in [0.15, 0.2) is 6.10 Å². The molecule has 1 heterocycles. The van der Waals surface area contributed by atoms with E-state index in [1.165, 1.54) is 16.8 Å². The summed E-state index contributed by atoms with van der Waals surface area (Å²) in [5.74, 6) is -0.894. The average Bonchev–Trinajstić information content (AvgIpc) is 2.90. The minimum absolute atomic E-state index is 0.233. The molecule has 2 amide bonds. The molecule has 1 fully saturated rings. The maximum atomic E-state index is 12.5. The molecule has 0 radical (unpaired) electrons. The summed E-state index contributed by atoms with van der Waals surface area (Å²) in [5.41, 5.74) is 3.75. The Hall–Kier alpha value is -2.02. The molecule has 0 aliphatic carbocycles. The maximum absolute atomic E-state index is 12.5. The van der Waals surface area contributed by atoms with Crippen LogP contribution in [-0.2, 0) is 9.59 Å². The molecule has 1 aliphatic rings. The molecule has 0 saturated carbocycles. The monoisotopic (exact) mass is 376 g/mol. The number of carbonyl (C=O) groups is 2. The molecule has 3 rings (SSSR count). The number of benzene rings is 2. The molecular weight excluding hydrogens is 360 g/mol. The molecule has 25 heavy (non-hydrogen) atoms. The van der Waals surface area contributed by atoms with Crippen molar-refractivity contribution in [1.82, 2.24) is 10.4 Å². The number of nitrogens with zero attached hydrogens (tertiary/aromatic N) is 1. The Balaban J connectivity index is 1.82. The molecule has 0 aromatic heterocycles. The van der Waals surface area contributed by atoms with Gasteiger partial charge < -0.3 is 5.11 Å². The first-order valence-corrected chi connectivity index (χ1v) is 9.07. The van der Waals surface area contributed by atoms with E-state index in [4.69, 9.17) is 11.6 Å². The molecule has 0 bridgehead atoms. The number of aliphatic hydroxyl groups is 1. The van der Waals surface area contributed by atoms with Crippen LogP contribution < -0.4 is 5.43 Å². The van der Waals surface area contributed by atoms with Gasteiger partial charge in [0.05, 0.1) is 5.25 Å². The van der Waals surface area contributed by atoms with E-state index in [1.54, 1.807) is 49.4 Å². The molecule has 3 atom stereocenters. The zero-order valence-electron chi connectivity index (χ0n) is 13.4. The normalized spacial score (nSPS) is 21.2. The third kappa shape index (κ3) is 3.66. The van der Waals surface area contributed by atoms with Gasteiger partial charge in [0.1, 0.15) is 5.37 Å². The van der Waals surface area contributed by atoms with Crippen LogP contribution in [-0.4, -0.2) is 27.2 Å². The zero-order valence-corrected chi connectivity index (χ0v) is 15.0. The second kappa shape index (κ2) is 7.47. The van der Waals surface area contributed by atoms with Crippen LogP contribution in [0.3, 0.4) is 0 Å². The Morgan fingerprint density at radius 1 is 1.20 bits per heavy atom. The molecule has 2 N–H and O–H groups in total. The van der Waals surface area contributed by atoms with Crippen molar-refractivity contribution in [3.8, 4) is 0 Å². The summed E-state index contributed by atoms with van der Waals surface area (Å²) >= 11 is 7.64. The van der Waals surface area contributed by atoms with Gasteiger partial charge in [0, 0.05) is 10.6 Å². The van der Waals surface area contributed by atoms with Gasteiger partial charge in [-0.1, -0.05) is 60.1 Å². The van der Waals surface area contributed by atoms with Gasteiger partial charge in [0.25, 0.3) is 11.8 Å². The number of hydrazine groups is 1. The number of thioether (sulfide) groups is 1. The standard InChI is InChI=1S/C18H17ClN2O3S/c1-11-17(24)21(18(25-11)13-9-5-6-10-14(13)19)20-16(23)15(22)12-7-3-2-4-8-12/h2-11,15,18,22H,1H3,(H,20,23). The lowest BCUT2D eigenvalue weighted by Crippen LogP contribution is -2.47. The lowest BCUT2D eigenvalue weighted by Gasteiger charge is -2.26. The second-order valence-electron chi connectivity index (χ2n) is 5.65. The van der Waals surface area contributed by atoms with E-state index >= 15 is 0 Å². The minimum atomic E-state index is -1.36. The highest BCUT2D eigenvalue weighted by Gasteiger charge is 2.41. The maximum Gasteiger partial charge on any atom is 0.272 e. The number of hydrogen-bond donors (Lipinski definition) is 2. The molecule has 1 aliphatic heterocycles. The topological polar surface area (TPSA) is 69.6 Å². The Kier molecular flexibility index (Phi) is 5.32. The Labute approximate surface area is 154 Å². The lowest BCUT2D eigenvalue weighted by atomic mass is 10.1. The first-order valence-electron chi connectivity index (χ1n) is 7.75. The number of carbonyl (C=O) groups excluding carboxylic acids is 2. The fourth-order valence-corrected chi connectivity index (χ4v) is 4.14. The number of amides is 2. The molecule has 2 aromatic rings. The van der Waals surface area contributed by atoms with E-state index in [9.17, 15) is 14.7 Å². The fraction of sp³-hybridized carbons (Fsp3) is 0.222. The Bertz CT molecular complexity index is 787. The lowest BCUT2D eigenvalue weighted by molar-refractivity contribution is -0.144. The van der Waals surface area contributed by atoms with Crippen LogP contribution in [0, 0.1) is 0 Å². The number of rotatable bonds is 4. The molecule has 7 heteroatoms.